The van der Waals surface area contributed by atoms with Crippen LogP contribution in [0, 0.1) is 41.4 Å². The van der Waals surface area contributed by atoms with Gasteiger partial charge in [0.15, 0.2) is 0 Å². The summed E-state index contributed by atoms with van der Waals surface area (Å²) in [6.07, 6.45) is 5.31. The molecule has 1 N–H and O–H groups in total. The highest BCUT2D eigenvalue weighted by Crippen LogP contribution is 2.65. The SMILES string of the molecule is CC(C)[C@H](C(=O)O)N1C(=O)[C@@H]2[C@H]3C=C[C@H]([C@H]4C[C@H]34)[C@@H]2C1=O. The molecule has 5 rings (SSSR count). The van der Waals surface area contributed by atoms with Crippen molar-refractivity contribution < 1.29 is 19.5 Å². The average molecular weight is 289 g/mol. The van der Waals surface area contributed by atoms with E-state index in [0.29, 0.717) is 11.8 Å². The highest BCUT2D eigenvalue weighted by molar-refractivity contribution is 6.08. The number of likely N-dealkylation sites (tertiary alicyclic amines) is 1. The minimum Gasteiger partial charge on any atom is -0.480 e. The maximum atomic E-state index is 12.8. The monoisotopic (exact) mass is 289 g/mol. The van der Waals surface area contributed by atoms with Crippen LogP contribution in [-0.4, -0.2) is 33.8 Å². The molecule has 4 aliphatic carbocycles. The van der Waals surface area contributed by atoms with Crippen molar-refractivity contribution in [2.45, 2.75) is 26.3 Å². The lowest BCUT2D eigenvalue weighted by molar-refractivity contribution is -0.157. The van der Waals surface area contributed by atoms with Gasteiger partial charge in [-0.2, -0.15) is 0 Å². The molecule has 2 amide bonds. The average Bonchev–Trinajstić information content (AvgIpc) is 3.19. The van der Waals surface area contributed by atoms with Crippen molar-refractivity contribution in [1.82, 2.24) is 4.90 Å². The second-order valence-electron chi connectivity index (χ2n) is 7.23. The molecule has 0 spiro atoms. The summed E-state index contributed by atoms with van der Waals surface area (Å²) in [5.41, 5.74) is 0. The Morgan fingerprint density at radius 2 is 1.62 bits per heavy atom. The van der Waals surface area contributed by atoms with Crippen LogP contribution in [0.25, 0.3) is 0 Å². The molecule has 3 fully saturated rings. The van der Waals surface area contributed by atoms with Gasteiger partial charge in [-0.05, 0) is 36.0 Å². The Hall–Kier alpha value is -1.65. The zero-order chi connectivity index (χ0) is 15.0. The number of rotatable bonds is 3. The number of carboxylic acids is 1. The van der Waals surface area contributed by atoms with E-state index in [0.717, 1.165) is 11.3 Å². The van der Waals surface area contributed by atoms with Crippen LogP contribution >= 0.6 is 0 Å². The molecular formula is C16H19NO4. The van der Waals surface area contributed by atoms with Crippen molar-refractivity contribution in [1.29, 1.82) is 0 Å². The van der Waals surface area contributed by atoms with Crippen LogP contribution < -0.4 is 0 Å². The highest BCUT2D eigenvalue weighted by atomic mass is 16.4. The molecule has 7 atom stereocenters. The van der Waals surface area contributed by atoms with E-state index < -0.39 is 12.0 Å². The number of carboxylic acid groups (broad SMARTS) is 1. The van der Waals surface area contributed by atoms with Crippen molar-refractivity contribution in [2.24, 2.45) is 41.4 Å². The van der Waals surface area contributed by atoms with Gasteiger partial charge in [0, 0.05) is 0 Å². The molecule has 5 nitrogen and oxygen atoms in total. The van der Waals surface area contributed by atoms with Crippen LogP contribution in [0.4, 0.5) is 0 Å². The van der Waals surface area contributed by atoms with Crippen LogP contribution in [0.5, 0.6) is 0 Å². The molecule has 1 aliphatic heterocycles. The summed E-state index contributed by atoms with van der Waals surface area (Å²) < 4.78 is 0. The van der Waals surface area contributed by atoms with Crippen molar-refractivity contribution >= 4 is 17.8 Å². The lowest BCUT2D eigenvalue weighted by Gasteiger charge is -2.37. The quantitative estimate of drug-likeness (QED) is 0.624. The van der Waals surface area contributed by atoms with E-state index in [-0.39, 0.29) is 41.4 Å². The van der Waals surface area contributed by atoms with E-state index in [1.165, 1.54) is 0 Å². The summed E-state index contributed by atoms with van der Waals surface area (Å²) in [4.78, 5) is 38.1. The zero-order valence-corrected chi connectivity index (χ0v) is 12.1. The number of hydrogen-bond donors (Lipinski definition) is 1. The fourth-order valence-corrected chi connectivity index (χ4v) is 4.95. The molecule has 2 saturated carbocycles. The van der Waals surface area contributed by atoms with E-state index in [1.807, 2.05) is 0 Å². The Morgan fingerprint density at radius 1 is 1.14 bits per heavy atom. The summed E-state index contributed by atoms with van der Waals surface area (Å²) in [5.74, 6) is -1.12. The standard InChI is InChI=1S/C16H19NO4/c1-6(2)13(16(20)21)17-14(18)11-7-3-4-8(10-5-9(7)10)12(11)15(17)19/h3-4,6-13H,5H2,1-2H3,(H,20,21)/t7-,8+,9-,10-,11+,12-,13-/m1/s1. The van der Waals surface area contributed by atoms with Gasteiger partial charge >= 0.3 is 5.97 Å². The second-order valence-corrected chi connectivity index (χ2v) is 7.23. The number of imide groups is 1. The predicted octanol–water partition coefficient (Wildman–Crippen LogP) is 1.15. The van der Waals surface area contributed by atoms with Crippen LogP contribution in [-0.2, 0) is 14.4 Å². The molecule has 0 aromatic carbocycles. The van der Waals surface area contributed by atoms with E-state index in [2.05, 4.69) is 12.2 Å². The first-order valence-electron chi connectivity index (χ1n) is 7.71. The maximum Gasteiger partial charge on any atom is 0.327 e. The third-order valence-corrected chi connectivity index (χ3v) is 5.86. The molecule has 5 heteroatoms. The van der Waals surface area contributed by atoms with Crippen molar-refractivity contribution in [3.05, 3.63) is 12.2 Å². The molecule has 21 heavy (non-hydrogen) atoms. The minimum absolute atomic E-state index is 0.146. The first kappa shape index (κ1) is 13.0. The van der Waals surface area contributed by atoms with Crippen LogP contribution in [0.15, 0.2) is 12.2 Å². The number of carbonyl (C=O) groups excluding carboxylic acids is 2. The predicted molar refractivity (Wildman–Crippen MR) is 72.8 cm³/mol. The molecule has 1 heterocycles. The summed E-state index contributed by atoms with van der Waals surface area (Å²) in [6, 6.07) is -1.04. The Balaban J connectivity index is 1.73. The molecule has 2 bridgehead atoms. The van der Waals surface area contributed by atoms with Gasteiger partial charge in [-0.25, -0.2) is 4.79 Å². The largest absolute Gasteiger partial charge is 0.480 e. The summed E-state index contributed by atoms with van der Waals surface area (Å²) in [7, 11) is 0. The summed E-state index contributed by atoms with van der Waals surface area (Å²) in [6.45, 7) is 3.48. The van der Waals surface area contributed by atoms with Gasteiger partial charge in [0.1, 0.15) is 6.04 Å². The maximum absolute atomic E-state index is 12.8. The fraction of sp³-hybridized carbons (Fsp3) is 0.688. The number of amides is 2. The van der Waals surface area contributed by atoms with Gasteiger partial charge in [0.2, 0.25) is 11.8 Å². The Labute approximate surface area is 123 Å². The minimum atomic E-state index is -1.09. The van der Waals surface area contributed by atoms with E-state index in [9.17, 15) is 19.5 Å². The molecule has 0 aromatic heterocycles. The van der Waals surface area contributed by atoms with Crippen molar-refractivity contribution in [3.8, 4) is 0 Å². The van der Waals surface area contributed by atoms with Gasteiger partial charge in [-0.15, -0.1) is 0 Å². The Bertz CT molecular complexity index is 545. The van der Waals surface area contributed by atoms with Gasteiger partial charge < -0.3 is 5.11 Å². The number of hydrogen-bond acceptors (Lipinski definition) is 3. The number of aliphatic carboxylic acids is 1. The van der Waals surface area contributed by atoms with Gasteiger partial charge in [-0.3, -0.25) is 14.5 Å². The highest BCUT2D eigenvalue weighted by Gasteiger charge is 2.68. The number of allylic oxidation sites excluding steroid dienone is 2. The van der Waals surface area contributed by atoms with E-state index in [4.69, 9.17) is 0 Å². The van der Waals surface area contributed by atoms with Crippen LogP contribution in [0.1, 0.15) is 20.3 Å². The van der Waals surface area contributed by atoms with Crippen molar-refractivity contribution in [3.63, 3.8) is 0 Å². The van der Waals surface area contributed by atoms with E-state index in [1.54, 1.807) is 13.8 Å². The Morgan fingerprint density at radius 3 is 2.00 bits per heavy atom. The lowest BCUT2D eigenvalue weighted by Crippen LogP contribution is -2.48. The fourth-order valence-electron chi connectivity index (χ4n) is 4.95. The number of nitrogens with zero attached hydrogens (tertiary/aromatic N) is 1. The zero-order valence-electron chi connectivity index (χ0n) is 12.1. The molecule has 5 aliphatic rings. The first-order valence-corrected chi connectivity index (χ1v) is 7.71. The van der Waals surface area contributed by atoms with Crippen LogP contribution in [0.3, 0.4) is 0 Å². The normalized spacial score (nSPS) is 44.0. The Kier molecular flexibility index (Phi) is 2.46. The molecule has 0 radical (unpaired) electrons. The molecule has 112 valence electrons. The summed E-state index contributed by atoms with van der Waals surface area (Å²) >= 11 is 0. The smallest absolute Gasteiger partial charge is 0.327 e. The van der Waals surface area contributed by atoms with E-state index >= 15 is 0 Å². The lowest BCUT2D eigenvalue weighted by atomic mass is 9.63. The molecule has 0 aromatic rings. The van der Waals surface area contributed by atoms with Gasteiger partial charge in [-0.1, -0.05) is 26.0 Å². The summed E-state index contributed by atoms with van der Waals surface area (Å²) in [5, 5.41) is 9.42. The van der Waals surface area contributed by atoms with Crippen molar-refractivity contribution in [2.75, 3.05) is 0 Å². The van der Waals surface area contributed by atoms with Gasteiger partial charge in [0.25, 0.3) is 0 Å². The molecular weight excluding hydrogens is 270 g/mol. The molecule has 0 unspecified atom stereocenters. The first-order chi connectivity index (χ1) is 9.93. The topological polar surface area (TPSA) is 74.7 Å². The van der Waals surface area contributed by atoms with Gasteiger partial charge in [0.05, 0.1) is 11.8 Å². The third kappa shape index (κ3) is 1.49. The number of carbonyl (C=O) groups is 3. The molecule has 1 saturated heterocycles. The van der Waals surface area contributed by atoms with Crippen LogP contribution in [0.2, 0.25) is 0 Å². The second kappa shape index (κ2) is 3.96. The third-order valence-electron chi connectivity index (χ3n) is 5.86.